The second-order valence-electron chi connectivity index (χ2n) is 6.86. The number of halogens is 1. The lowest BCUT2D eigenvalue weighted by atomic mass is 9.85. The van der Waals surface area contributed by atoms with E-state index in [9.17, 15) is 0 Å². The van der Waals surface area contributed by atoms with E-state index in [1.165, 1.54) is 24.0 Å². The maximum atomic E-state index is 6.15. The lowest BCUT2D eigenvalue weighted by Crippen LogP contribution is -2.18. The van der Waals surface area contributed by atoms with Crippen molar-refractivity contribution in [3.05, 3.63) is 29.3 Å². The summed E-state index contributed by atoms with van der Waals surface area (Å²) in [6.45, 7) is 9.81. The van der Waals surface area contributed by atoms with E-state index < -0.39 is 0 Å². The highest BCUT2D eigenvalue weighted by molar-refractivity contribution is 9.09. The average molecular weight is 325 g/mol. The van der Waals surface area contributed by atoms with Crippen LogP contribution >= 0.6 is 15.9 Å². The highest BCUT2D eigenvalue weighted by atomic mass is 79.9. The van der Waals surface area contributed by atoms with Gasteiger partial charge in [0.15, 0.2) is 0 Å². The van der Waals surface area contributed by atoms with Gasteiger partial charge in [0.05, 0.1) is 6.61 Å². The highest BCUT2D eigenvalue weighted by Gasteiger charge is 2.42. The van der Waals surface area contributed by atoms with Crippen LogP contribution in [0.5, 0.6) is 5.75 Å². The Labute approximate surface area is 125 Å². The van der Waals surface area contributed by atoms with Crippen molar-refractivity contribution in [3.63, 3.8) is 0 Å². The topological polar surface area (TPSA) is 9.23 Å². The molecule has 19 heavy (non-hydrogen) atoms. The Bertz CT molecular complexity index is 441. The van der Waals surface area contributed by atoms with Gasteiger partial charge in [0.2, 0.25) is 0 Å². The Morgan fingerprint density at radius 1 is 1.26 bits per heavy atom. The summed E-state index contributed by atoms with van der Waals surface area (Å²) in [7, 11) is 0. The molecule has 0 saturated heterocycles. The highest BCUT2D eigenvalue weighted by Crippen LogP contribution is 2.47. The molecule has 0 amide bonds. The SMILES string of the molecule is CCc1ccc(OCC2(CBr)CC2)c(C(C)(C)C)c1. The maximum Gasteiger partial charge on any atom is 0.123 e. The number of aryl methyl sites for hydroxylation is 1. The van der Waals surface area contributed by atoms with Crippen LogP contribution in [0.25, 0.3) is 0 Å². The monoisotopic (exact) mass is 324 g/mol. The van der Waals surface area contributed by atoms with Crippen LogP contribution in [0.2, 0.25) is 0 Å². The van der Waals surface area contributed by atoms with Crippen molar-refractivity contribution >= 4 is 15.9 Å². The van der Waals surface area contributed by atoms with Crippen LogP contribution in [0.4, 0.5) is 0 Å². The van der Waals surface area contributed by atoms with Crippen LogP contribution in [-0.4, -0.2) is 11.9 Å². The predicted molar refractivity (Wildman–Crippen MR) is 85.5 cm³/mol. The standard InChI is InChI=1S/C17H25BrO/c1-5-13-6-7-15(14(10-13)16(2,3)4)19-12-17(11-18)8-9-17/h6-7,10H,5,8-9,11-12H2,1-4H3. The van der Waals surface area contributed by atoms with Gasteiger partial charge in [-0.2, -0.15) is 0 Å². The molecule has 2 rings (SSSR count). The molecule has 1 fully saturated rings. The molecule has 1 nitrogen and oxygen atoms in total. The maximum absolute atomic E-state index is 6.15. The van der Waals surface area contributed by atoms with Crippen LogP contribution in [0.15, 0.2) is 18.2 Å². The summed E-state index contributed by atoms with van der Waals surface area (Å²) in [5, 5.41) is 1.05. The van der Waals surface area contributed by atoms with E-state index in [0.29, 0.717) is 5.41 Å². The summed E-state index contributed by atoms with van der Waals surface area (Å²) in [5.41, 5.74) is 3.25. The van der Waals surface area contributed by atoms with Gasteiger partial charge in [-0.1, -0.05) is 55.8 Å². The fraction of sp³-hybridized carbons (Fsp3) is 0.647. The number of rotatable bonds is 5. The zero-order valence-corrected chi connectivity index (χ0v) is 14.1. The lowest BCUT2D eigenvalue weighted by Gasteiger charge is -2.25. The van der Waals surface area contributed by atoms with Gasteiger partial charge in [0.25, 0.3) is 0 Å². The molecule has 0 aliphatic heterocycles. The van der Waals surface area contributed by atoms with Crippen molar-refractivity contribution in [1.82, 2.24) is 0 Å². The summed E-state index contributed by atoms with van der Waals surface area (Å²) in [5.74, 6) is 1.07. The molecule has 1 aromatic carbocycles. The minimum atomic E-state index is 0.131. The fourth-order valence-electron chi connectivity index (χ4n) is 2.23. The van der Waals surface area contributed by atoms with Gasteiger partial charge in [-0.15, -0.1) is 0 Å². The number of ether oxygens (including phenoxy) is 1. The zero-order valence-electron chi connectivity index (χ0n) is 12.6. The predicted octanol–water partition coefficient (Wildman–Crippen LogP) is 5.10. The molecule has 0 heterocycles. The van der Waals surface area contributed by atoms with Crippen molar-refractivity contribution in [1.29, 1.82) is 0 Å². The summed E-state index contributed by atoms with van der Waals surface area (Å²) < 4.78 is 6.15. The largest absolute Gasteiger partial charge is 0.493 e. The van der Waals surface area contributed by atoms with Crippen molar-refractivity contribution in [3.8, 4) is 5.75 Å². The van der Waals surface area contributed by atoms with Crippen molar-refractivity contribution < 1.29 is 4.74 Å². The number of benzene rings is 1. The smallest absolute Gasteiger partial charge is 0.123 e. The van der Waals surface area contributed by atoms with E-state index >= 15 is 0 Å². The number of hydrogen-bond acceptors (Lipinski definition) is 1. The van der Waals surface area contributed by atoms with Crippen molar-refractivity contribution in [2.24, 2.45) is 5.41 Å². The molecule has 1 aromatic rings. The van der Waals surface area contributed by atoms with E-state index in [1.54, 1.807) is 0 Å². The molecule has 0 bridgehead atoms. The molecule has 1 aliphatic carbocycles. The Morgan fingerprint density at radius 2 is 1.95 bits per heavy atom. The Kier molecular flexibility index (Phi) is 4.29. The first-order chi connectivity index (χ1) is 8.90. The minimum absolute atomic E-state index is 0.131. The normalized spacial score (nSPS) is 17.3. The van der Waals surface area contributed by atoms with Crippen LogP contribution < -0.4 is 4.74 Å². The Morgan fingerprint density at radius 3 is 2.42 bits per heavy atom. The molecule has 0 aromatic heterocycles. The molecule has 0 radical (unpaired) electrons. The average Bonchev–Trinajstić information content (AvgIpc) is 3.16. The van der Waals surface area contributed by atoms with Gasteiger partial charge in [-0.3, -0.25) is 0 Å². The molecule has 0 spiro atoms. The van der Waals surface area contributed by atoms with Crippen LogP contribution in [0.1, 0.15) is 51.7 Å². The Balaban J connectivity index is 2.19. The van der Waals surface area contributed by atoms with Crippen LogP contribution in [-0.2, 0) is 11.8 Å². The first-order valence-electron chi connectivity index (χ1n) is 7.22. The van der Waals surface area contributed by atoms with Gasteiger partial charge >= 0.3 is 0 Å². The second kappa shape index (κ2) is 5.47. The van der Waals surface area contributed by atoms with Gasteiger partial charge in [-0.25, -0.2) is 0 Å². The zero-order chi connectivity index (χ0) is 14.1. The van der Waals surface area contributed by atoms with Crippen molar-refractivity contribution in [2.75, 3.05) is 11.9 Å². The third-order valence-corrected chi connectivity index (χ3v) is 5.22. The summed E-state index contributed by atoms with van der Waals surface area (Å²) >= 11 is 3.61. The molecule has 0 N–H and O–H groups in total. The van der Waals surface area contributed by atoms with E-state index in [0.717, 1.165) is 24.1 Å². The fourth-order valence-corrected chi connectivity index (χ4v) is 2.96. The first-order valence-corrected chi connectivity index (χ1v) is 8.34. The van der Waals surface area contributed by atoms with Gasteiger partial charge < -0.3 is 4.74 Å². The van der Waals surface area contributed by atoms with E-state index in [1.807, 2.05) is 0 Å². The van der Waals surface area contributed by atoms with Crippen LogP contribution in [0.3, 0.4) is 0 Å². The minimum Gasteiger partial charge on any atom is -0.493 e. The number of hydrogen-bond donors (Lipinski definition) is 0. The summed E-state index contributed by atoms with van der Waals surface area (Å²) in [4.78, 5) is 0. The van der Waals surface area contributed by atoms with E-state index in [4.69, 9.17) is 4.74 Å². The first kappa shape index (κ1) is 14.9. The summed E-state index contributed by atoms with van der Waals surface area (Å²) in [6.07, 6.45) is 3.65. The van der Waals surface area contributed by atoms with Gasteiger partial charge in [-0.05, 0) is 41.9 Å². The van der Waals surface area contributed by atoms with Gasteiger partial charge in [0, 0.05) is 10.7 Å². The molecule has 1 saturated carbocycles. The Hall–Kier alpha value is -0.500. The molecule has 2 heteroatoms. The third kappa shape index (κ3) is 3.53. The summed E-state index contributed by atoms with van der Waals surface area (Å²) in [6, 6.07) is 6.66. The van der Waals surface area contributed by atoms with E-state index in [-0.39, 0.29) is 5.41 Å². The molecule has 0 atom stereocenters. The number of alkyl halides is 1. The quantitative estimate of drug-likeness (QED) is 0.684. The van der Waals surface area contributed by atoms with Gasteiger partial charge in [0.1, 0.15) is 5.75 Å². The van der Waals surface area contributed by atoms with Crippen molar-refractivity contribution in [2.45, 2.75) is 52.4 Å². The van der Waals surface area contributed by atoms with Crippen LogP contribution in [0, 0.1) is 5.41 Å². The molecule has 0 unspecified atom stereocenters. The third-order valence-electron chi connectivity index (χ3n) is 4.03. The second-order valence-corrected chi connectivity index (χ2v) is 7.42. The molecular formula is C17H25BrO. The molecule has 106 valence electrons. The molecule has 1 aliphatic rings. The lowest BCUT2D eigenvalue weighted by molar-refractivity contribution is 0.246. The van der Waals surface area contributed by atoms with E-state index in [2.05, 4.69) is 61.8 Å². The molecular weight excluding hydrogens is 300 g/mol.